The molecule has 0 aromatic heterocycles. The third-order valence-electron chi connectivity index (χ3n) is 5.26. The fourth-order valence-electron chi connectivity index (χ4n) is 3.79. The Bertz CT molecular complexity index is 840. The number of carbonyl (C=O) groups excluding carboxylic acids is 1. The van der Waals surface area contributed by atoms with Gasteiger partial charge in [0.05, 0.1) is 18.7 Å². The zero-order chi connectivity index (χ0) is 21.0. The van der Waals surface area contributed by atoms with Crippen LogP contribution in [0.25, 0.3) is 0 Å². The number of nitrogens with one attached hydrogen (secondary N) is 1. The Morgan fingerprint density at radius 1 is 1.21 bits per heavy atom. The summed E-state index contributed by atoms with van der Waals surface area (Å²) in [6.07, 6.45) is -3.78. The number of likely N-dealkylation sites (tertiary alicyclic amines) is 1. The van der Waals surface area contributed by atoms with Crippen molar-refractivity contribution >= 4 is 11.6 Å². The zero-order valence-electron chi connectivity index (χ0n) is 16.5. The van der Waals surface area contributed by atoms with E-state index in [0.717, 1.165) is 5.56 Å². The summed E-state index contributed by atoms with van der Waals surface area (Å²) < 4.78 is 45.3. The number of methoxy groups -OCH3 is 1. The number of alkyl halides is 3. The molecular weight excluding hydrogens is 381 g/mol. The van der Waals surface area contributed by atoms with E-state index in [-0.39, 0.29) is 18.9 Å². The number of amides is 1. The van der Waals surface area contributed by atoms with E-state index in [1.165, 1.54) is 7.11 Å². The van der Waals surface area contributed by atoms with E-state index in [2.05, 4.69) is 5.32 Å². The molecule has 3 rings (SSSR count). The molecule has 1 aliphatic rings. The van der Waals surface area contributed by atoms with Crippen LogP contribution in [-0.2, 0) is 4.79 Å². The molecule has 1 heterocycles. The fourth-order valence-corrected chi connectivity index (χ4v) is 3.79. The summed E-state index contributed by atoms with van der Waals surface area (Å²) in [6.45, 7) is 2.13. The Kier molecular flexibility index (Phi) is 6.47. The first kappa shape index (κ1) is 21.2. The van der Waals surface area contributed by atoms with Crippen molar-refractivity contribution in [2.75, 3.05) is 25.5 Å². The maximum absolute atomic E-state index is 13.3. The van der Waals surface area contributed by atoms with Gasteiger partial charge in [0, 0.05) is 6.54 Å². The minimum Gasteiger partial charge on any atom is -0.495 e. The fraction of sp³-hybridized carbons (Fsp3) is 0.409. The van der Waals surface area contributed by atoms with E-state index in [1.54, 1.807) is 41.3 Å². The maximum Gasteiger partial charge on any atom is 0.393 e. The molecule has 0 bridgehead atoms. The molecule has 0 radical (unpaired) electrons. The molecule has 2 aromatic rings. The van der Waals surface area contributed by atoms with Crippen LogP contribution in [0.3, 0.4) is 0 Å². The average Bonchev–Trinajstić information content (AvgIpc) is 2.69. The molecule has 0 spiro atoms. The number of hydrogen-bond acceptors (Lipinski definition) is 3. The first-order valence-electron chi connectivity index (χ1n) is 9.61. The summed E-state index contributed by atoms with van der Waals surface area (Å²) in [7, 11) is 1.51. The quantitative estimate of drug-likeness (QED) is 0.763. The van der Waals surface area contributed by atoms with Crippen LogP contribution in [0.2, 0.25) is 0 Å². The average molecular weight is 406 g/mol. The summed E-state index contributed by atoms with van der Waals surface area (Å²) in [5.41, 5.74) is 2.11. The molecule has 0 aliphatic carbocycles. The van der Waals surface area contributed by atoms with Gasteiger partial charge in [0.1, 0.15) is 11.8 Å². The highest BCUT2D eigenvalue weighted by molar-refractivity contribution is 5.96. The molecule has 1 aliphatic heterocycles. The van der Waals surface area contributed by atoms with Crippen molar-refractivity contribution in [3.63, 3.8) is 0 Å². The molecule has 156 valence electrons. The van der Waals surface area contributed by atoms with Gasteiger partial charge in [-0.25, -0.2) is 0 Å². The largest absolute Gasteiger partial charge is 0.495 e. The van der Waals surface area contributed by atoms with Crippen molar-refractivity contribution in [1.82, 2.24) is 4.90 Å². The number of halogens is 3. The molecule has 1 saturated heterocycles. The van der Waals surface area contributed by atoms with Crippen LogP contribution in [-0.4, -0.2) is 37.2 Å². The minimum atomic E-state index is -4.27. The number of benzene rings is 2. The lowest BCUT2D eigenvalue weighted by Crippen LogP contribution is -2.46. The molecule has 2 aromatic carbocycles. The maximum atomic E-state index is 13.3. The van der Waals surface area contributed by atoms with Gasteiger partial charge in [0.15, 0.2) is 0 Å². The number of rotatable bonds is 5. The van der Waals surface area contributed by atoms with Crippen molar-refractivity contribution in [3.8, 4) is 5.75 Å². The zero-order valence-corrected chi connectivity index (χ0v) is 16.5. The second kappa shape index (κ2) is 8.86. The van der Waals surface area contributed by atoms with Crippen LogP contribution >= 0.6 is 0 Å². The summed E-state index contributed by atoms with van der Waals surface area (Å²) in [4.78, 5) is 14.9. The highest BCUT2D eigenvalue weighted by Crippen LogP contribution is 2.37. The Balaban J connectivity index is 1.90. The van der Waals surface area contributed by atoms with Crippen LogP contribution in [0.4, 0.5) is 18.9 Å². The van der Waals surface area contributed by atoms with Crippen LogP contribution in [0.15, 0.2) is 48.5 Å². The van der Waals surface area contributed by atoms with E-state index >= 15 is 0 Å². The topological polar surface area (TPSA) is 41.6 Å². The van der Waals surface area contributed by atoms with Crippen molar-refractivity contribution in [2.24, 2.45) is 5.92 Å². The van der Waals surface area contributed by atoms with Crippen LogP contribution in [0.5, 0.6) is 5.75 Å². The molecular formula is C22H25F3N2O2. The Morgan fingerprint density at radius 2 is 1.93 bits per heavy atom. The highest BCUT2D eigenvalue weighted by atomic mass is 19.4. The number of hydrogen-bond donors (Lipinski definition) is 1. The van der Waals surface area contributed by atoms with E-state index in [1.807, 2.05) is 19.1 Å². The van der Waals surface area contributed by atoms with Gasteiger partial charge >= 0.3 is 6.18 Å². The lowest BCUT2D eigenvalue weighted by atomic mass is 9.94. The SMILES string of the molecule is COc1ccc(C)cc1NC(=O)[C@@H](c1ccccc1)N1CCC[C@H](C(F)(F)F)C1. The third kappa shape index (κ3) is 5.09. The Hall–Kier alpha value is -2.54. The molecule has 0 unspecified atom stereocenters. The van der Waals surface area contributed by atoms with Gasteiger partial charge in [-0.1, -0.05) is 36.4 Å². The molecule has 1 amide bonds. The normalized spacial score (nSPS) is 18.9. The minimum absolute atomic E-state index is 0.0921. The first-order valence-corrected chi connectivity index (χ1v) is 9.61. The second-order valence-electron chi connectivity index (χ2n) is 7.38. The lowest BCUT2D eigenvalue weighted by molar-refractivity contribution is -0.189. The predicted molar refractivity (Wildman–Crippen MR) is 106 cm³/mol. The molecule has 2 atom stereocenters. The van der Waals surface area contributed by atoms with Gasteiger partial charge in [0.2, 0.25) is 5.91 Å². The van der Waals surface area contributed by atoms with Crippen molar-refractivity contribution in [1.29, 1.82) is 0 Å². The van der Waals surface area contributed by atoms with E-state index in [4.69, 9.17) is 4.74 Å². The molecule has 7 heteroatoms. The Morgan fingerprint density at radius 3 is 2.59 bits per heavy atom. The molecule has 1 fully saturated rings. The summed E-state index contributed by atoms with van der Waals surface area (Å²) in [6, 6.07) is 13.5. The number of carbonyl (C=O) groups is 1. The van der Waals surface area contributed by atoms with Crippen molar-refractivity contribution in [2.45, 2.75) is 32.0 Å². The van der Waals surface area contributed by atoms with Crippen molar-refractivity contribution < 1.29 is 22.7 Å². The highest BCUT2D eigenvalue weighted by Gasteiger charge is 2.44. The van der Waals surface area contributed by atoms with Crippen molar-refractivity contribution in [3.05, 3.63) is 59.7 Å². The van der Waals surface area contributed by atoms with Gasteiger partial charge < -0.3 is 10.1 Å². The predicted octanol–water partition coefficient (Wildman–Crippen LogP) is 4.96. The first-order chi connectivity index (χ1) is 13.8. The second-order valence-corrected chi connectivity index (χ2v) is 7.38. The van der Waals surface area contributed by atoms with Gasteiger partial charge in [-0.05, 0) is 49.6 Å². The van der Waals surface area contributed by atoms with Crippen LogP contribution < -0.4 is 10.1 Å². The summed E-state index contributed by atoms with van der Waals surface area (Å²) in [5, 5.41) is 2.86. The van der Waals surface area contributed by atoms with Gasteiger partial charge in [-0.15, -0.1) is 0 Å². The molecule has 0 saturated carbocycles. The van der Waals surface area contributed by atoms with Gasteiger partial charge in [-0.3, -0.25) is 9.69 Å². The summed E-state index contributed by atoms with van der Waals surface area (Å²) >= 11 is 0. The van der Waals surface area contributed by atoms with Gasteiger partial charge in [0.25, 0.3) is 0 Å². The number of aryl methyl sites for hydroxylation is 1. The Labute approximate surface area is 168 Å². The van der Waals surface area contributed by atoms with Gasteiger partial charge in [-0.2, -0.15) is 13.2 Å². The standard InChI is InChI=1S/C22H25F3N2O2/c1-15-10-11-19(29-2)18(13-15)26-21(28)20(16-7-4-3-5-8-16)27-12-6-9-17(14-27)22(23,24)25/h3-5,7-8,10-11,13,17,20H,6,9,12,14H2,1-2H3,(H,26,28)/t17-,20+/m0/s1. The number of piperidine rings is 1. The third-order valence-corrected chi connectivity index (χ3v) is 5.26. The molecule has 1 N–H and O–H groups in total. The lowest BCUT2D eigenvalue weighted by Gasteiger charge is -2.38. The van der Waals surface area contributed by atoms with Crippen LogP contribution in [0.1, 0.15) is 30.0 Å². The van der Waals surface area contributed by atoms with E-state index in [0.29, 0.717) is 30.0 Å². The van der Waals surface area contributed by atoms with E-state index in [9.17, 15) is 18.0 Å². The number of ether oxygens (including phenoxy) is 1. The van der Waals surface area contributed by atoms with E-state index < -0.39 is 18.1 Å². The monoisotopic (exact) mass is 406 g/mol. The smallest absolute Gasteiger partial charge is 0.393 e. The van der Waals surface area contributed by atoms with Crippen LogP contribution in [0, 0.1) is 12.8 Å². The molecule has 29 heavy (non-hydrogen) atoms. The molecule has 4 nitrogen and oxygen atoms in total. The summed E-state index contributed by atoms with van der Waals surface area (Å²) in [5.74, 6) is -1.30. The number of nitrogens with zero attached hydrogens (tertiary/aromatic N) is 1. The number of anilines is 1.